The normalized spacial score (nSPS) is 22.1. The maximum absolute atomic E-state index is 5.98. The molecule has 5 heteroatoms. The maximum atomic E-state index is 5.98. The highest BCUT2D eigenvalue weighted by atomic mass is 79.9. The molecule has 1 fully saturated rings. The van der Waals surface area contributed by atoms with Gasteiger partial charge in [0.15, 0.2) is 0 Å². The molecule has 0 radical (unpaired) electrons. The molecular formula is C13H21BrN4. The molecule has 0 saturated carbocycles. The molecule has 1 aliphatic rings. The Labute approximate surface area is 117 Å². The number of halogens is 1. The van der Waals surface area contributed by atoms with Crippen molar-refractivity contribution in [3.05, 3.63) is 22.7 Å². The quantitative estimate of drug-likeness (QED) is 0.834. The lowest BCUT2D eigenvalue weighted by Gasteiger charge is -2.38. The number of benzene rings is 1. The average Bonchev–Trinajstić information content (AvgIpc) is 2.32. The van der Waals surface area contributed by atoms with Gasteiger partial charge in [0.25, 0.3) is 0 Å². The van der Waals surface area contributed by atoms with Gasteiger partial charge < -0.3 is 16.0 Å². The minimum absolute atomic E-state index is 0.534. The van der Waals surface area contributed by atoms with Gasteiger partial charge in [-0.1, -0.05) is 15.9 Å². The molecule has 1 aliphatic heterocycles. The SMILES string of the molecule is CN1CCN(C)C(CNc2ccc(Br)cc2N)C1. The predicted molar refractivity (Wildman–Crippen MR) is 81.0 cm³/mol. The van der Waals surface area contributed by atoms with Gasteiger partial charge in [-0.3, -0.25) is 4.90 Å². The van der Waals surface area contributed by atoms with E-state index in [-0.39, 0.29) is 0 Å². The van der Waals surface area contributed by atoms with Crippen LogP contribution in [-0.4, -0.2) is 56.1 Å². The van der Waals surface area contributed by atoms with Crippen LogP contribution >= 0.6 is 15.9 Å². The molecule has 1 heterocycles. The van der Waals surface area contributed by atoms with Crippen LogP contribution in [0.15, 0.2) is 22.7 Å². The van der Waals surface area contributed by atoms with Crippen molar-refractivity contribution < 1.29 is 0 Å². The molecular weight excluding hydrogens is 292 g/mol. The molecule has 100 valence electrons. The van der Waals surface area contributed by atoms with E-state index in [0.29, 0.717) is 6.04 Å². The van der Waals surface area contributed by atoms with E-state index in [0.717, 1.165) is 42.0 Å². The third-order valence-corrected chi connectivity index (χ3v) is 4.02. The number of nitrogens with zero attached hydrogens (tertiary/aromatic N) is 2. The van der Waals surface area contributed by atoms with E-state index < -0.39 is 0 Å². The molecule has 0 aliphatic carbocycles. The lowest BCUT2D eigenvalue weighted by atomic mass is 10.1. The van der Waals surface area contributed by atoms with Crippen molar-refractivity contribution in [2.75, 3.05) is 51.3 Å². The molecule has 1 aromatic rings. The first-order chi connectivity index (χ1) is 8.56. The second-order valence-corrected chi connectivity index (χ2v) is 5.92. The predicted octanol–water partition coefficient (Wildman–Crippen LogP) is 1.69. The number of anilines is 2. The van der Waals surface area contributed by atoms with E-state index in [4.69, 9.17) is 5.73 Å². The summed E-state index contributed by atoms with van der Waals surface area (Å²) < 4.78 is 1.01. The molecule has 18 heavy (non-hydrogen) atoms. The average molecular weight is 313 g/mol. The fourth-order valence-electron chi connectivity index (χ4n) is 2.24. The smallest absolute Gasteiger partial charge is 0.0575 e. The van der Waals surface area contributed by atoms with Crippen molar-refractivity contribution in [3.63, 3.8) is 0 Å². The summed E-state index contributed by atoms with van der Waals surface area (Å²) in [5, 5.41) is 3.45. The second-order valence-electron chi connectivity index (χ2n) is 5.01. The van der Waals surface area contributed by atoms with Gasteiger partial charge in [-0.25, -0.2) is 0 Å². The van der Waals surface area contributed by atoms with Crippen LogP contribution in [0, 0.1) is 0 Å². The molecule has 1 saturated heterocycles. The zero-order valence-corrected chi connectivity index (χ0v) is 12.6. The van der Waals surface area contributed by atoms with E-state index in [1.807, 2.05) is 18.2 Å². The largest absolute Gasteiger partial charge is 0.397 e. The van der Waals surface area contributed by atoms with Crippen molar-refractivity contribution >= 4 is 27.3 Å². The number of hydrogen-bond acceptors (Lipinski definition) is 4. The van der Waals surface area contributed by atoms with E-state index >= 15 is 0 Å². The van der Waals surface area contributed by atoms with E-state index in [2.05, 4.69) is 45.1 Å². The Morgan fingerprint density at radius 2 is 2.17 bits per heavy atom. The fraction of sp³-hybridized carbons (Fsp3) is 0.538. The topological polar surface area (TPSA) is 44.5 Å². The molecule has 1 atom stereocenters. The number of nitrogen functional groups attached to an aromatic ring is 1. The van der Waals surface area contributed by atoms with Crippen molar-refractivity contribution in [2.45, 2.75) is 6.04 Å². The zero-order chi connectivity index (χ0) is 13.1. The molecule has 1 aromatic carbocycles. The van der Waals surface area contributed by atoms with Crippen LogP contribution in [0.1, 0.15) is 0 Å². The highest BCUT2D eigenvalue weighted by molar-refractivity contribution is 9.10. The summed E-state index contributed by atoms with van der Waals surface area (Å²) in [5.41, 5.74) is 7.78. The van der Waals surface area contributed by atoms with Gasteiger partial charge in [0, 0.05) is 36.7 Å². The van der Waals surface area contributed by atoms with Crippen LogP contribution in [0.4, 0.5) is 11.4 Å². The van der Waals surface area contributed by atoms with Gasteiger partial charge in [-0.05, 0) is 32.3 Å². The van der Waals surface area contributed by atoms with Crippen LogP contribution in [0.3, 0.4) is 0 Å². The lowest BCUT2D eigenvalue weighted by Crippen LogP contribution is -2.52. The summed E-state index contributed by atoms with van der Waals surface area (Å²) in [6.07, 6.45) is 0. The number of rotatable bonds is 3. The minimum atomic E-state index is 0.534. The van der Waals surface area contributed by atoms with Crippen LogP contribution in [0.25, 0.3) is 0 Å². The van der Waals surface area contributed by atoms with Crippen LogP contribution in [0.2, 0.25) is 0 Å². The number of nitrogens with one attached hydrogen (secondary N) is 1. The minimum Gasteiger partial charge on any atom is -0.397 e. The highest BCUT2D eigenvalue weighted by Crippen LogP contribution is 2.23. The third-order valence-electron chi connectivity index (χ3n) is 3.52. The number of likely N-dealkylation sites (N-methyl/N-ethyl adjacent to an activating group) is 2. The Morgan fingerprint density at radius 3 is 2.89 bits per heavy atom. The van der Waals surface area contributed by atoms with Crippen molar-refractivity contribution in [1.29, 1.82) is 0 Å². The molecule has 4 nitrogen and oxygen atoms in total. The number of piperazine rings is 1. The van der Waals surface area contributed by atoms with Gasteiger partial charge >= 0.3 is 0 Å². The highest BCUT2D eigenvalue weighted by Gasteiger charge is 2.21. The first kappa shape index (κ1) is 13.6. The molecule has 1 unspecified atom stereocenters. The second kappa shape index (κ2) is 5.91. The summed E-state index contributed by atoms with van der Waals surface area (Å²) in [5.74, 6) is 0. The Bertz CT molecular complexity index is 410. The lowest BCUT2D eigenvalue weighted by molar-refractivity contribution is 0.122. The molecule has 0 amide bonds. The number of nitrogens with two attached hydrogens (primary N) is 1. The zero-order valence-electron chi connectivity index (χ0n) is 11.0. The summed E-state index contributed by atoms with van der Waals surface area (Å²) in [7, 11) is 4.36. The molecule has 3 N–H and O–H groups in total. The first-order valence-electron chi connectivity index (χ1n) is 6.24. The Morgan fingerprint density at radius 1 is 1.39 bits per heavy atom. The van der Waals surface area contributed by atoms with Crippen LogP contribution in [0.5, 0.6) is 0 Å². The van der Waals surface area contributed by atoms with Gasteiger partial charge in [0.05, 0.1) is 11.4 Å². The summed E-state index contributed by atoms with van der Waals surface area (Å²) in [6, 6.07) is 6.49. The first-order valence-corrected chi connectivity index (χ1v) is 7.03. The molecule has 0 spiro atoms. The maximum Gasteiger partial charge on any atom is 0.0575 e. The summed E-state index contributed by atoms with van der Waals surface area (Å²) in [4.78, 5) is 4.78. The fourth-order valence-corrected chi connectivity index (χ4v) is 2.62. The number of hydrogen-bond donors (Lipinski definition) is 2. The van der Waals surface area contributed by atoms with Gasteiger partial charge in [-0.15, -0.1) is 0 Å². The Balaban J connectivity index is 1.94. The molecule has 2 rings (SSSR count). The van der Waals surface area contributed by atoms with Crippen molar-refractivity contribution in [3.8, 4) is 0 Å². The molecule has 0 aromatic heterocycles. The van der Waals surface area contributed by atoms with Crippen LogP contribution < -0.4 is 11.1 Å². The molecule has 0 bridgehead atoms. The standard InChI is InChI=1S/C13H21BrN4/c1-17-5-6-18(2)11(9-17)8-16-13-4-3-10(14)7-12(13)15/h3-4,7,11,16H,5-6,8-9,15H2,1-2H3. The van der Waals surface area contributed by atoms with Gasteiger partial charge in [-0.2, -0.15) is 0 Å². The van der Waals surface area contributed by atoms with Crippen molar-refractivity contribution in [2.24, 2.45) is 0 Å². The van der Waals surface area contributed by atoms with Crippen molar-refractivity contribution in [1.82, 2.24) is 9.80 Å². The van der Waals surface area contributed by atoms with Gasteiger partial charge in [0.1, 0.15) is 0 Å². The van der Waals surface area contributed by atoms with E-state index in [1.165, 1.54) is 0 Å². The monoisotopic (exact) mass is 312 g/mol. The summed E-state index contributed by atoms with van der Waals surface area (Å²) in [6.45, 7) is 4.29. The van der Waals surface area contributed by atoms with E-state index in [9.17, 15) is 0 Å². The van der Waals surface area contributed by atoms with Crippen LogP contribution in [-0.2, 0) is 0 Å². The Hall–Kier alpha value is -0.780. The Kier molecular flexibility index (Phi) is 4.48. The van der Waals surface area contributed by atoms with Gasteiger partial charge in [0.2, 0.25) is 0 Å². The van der Waals surface area contributed by atoms with E-state index in [1.54, 1.807) is 0 Å². The third kappa shape index (κ3) is 3.37. The summed E-state index contributed by atoms with van der Waals surface area (Å²) >= 11 is 3.42.